The molecule has 8 heteroatoms. The van der Waals surface area contributed by atoms with Gasteiger partial charge in [-0.05, 0) is 36.2 Å². The van der Waals surface area contributed by atoms with Crippen LogP contribution >= 0.6 is 11.6 Å². The van der Waals surface area contributed by atoms with Crippen molar-refractivity contribution in [3.8, 4) is 5.75 Å². The van der Waals surface area contributed by atoms with Crippen molar-refractivity contribution >= 4 is 23.3 Å². The Balaban J connectivity index is 1.55. The summed E-state index contributed by atoms with van der Waals surface area (Å²) >= 11 is 6.06. The molecule has 0 N–H and O–H groups in total. The number of ether oxygens (including phenoxy) is 1. The second-order valence-electron chi connectivity index (χ2n) is 6.91. The van der Waals surface area contributed by atoms with Crippen LogP contribution in [0.1, 0.15) is 23.5 Å². The van der Waals surface area contributed by atoms with Gasteiger partial charge in [-0.3, -0.25) is 4.90 Å². The number of halogens is 4. The van der Waals surface area contributed by atoms with Crippen LogP contribution in [0.15, 0.2) is 42.5 Å². The minimum absolute atomic E-state index is 0.237. The second kappa shape index (κ2) is 7.20. The first kappa shape index (κ1) is 18.9. The van der Waals surface area contributed by atoms with Crippen molar-refractivity contribution in [2.45, 2.75) is 18.5 Å². The maximum atomic E-state index is 13.3. The predicted molar refractivity (Wildman–Crippen MR) is 100 cm³/mol. The number of benzene rings is 2. The van der Waals surface area contributed by atoms with Crippen LogP contribution in [0.4, 0.5) is 23.7 Å². The number of rotatable bonds is 1. The van der Waals surface area contributed by atoms with Crippen LogP contribution in [0.25, 0.3) is 0 Å². The molecule has 2 aromatic carbocycles. The molecular weight excluding hydrogens is 393 g/mol. The molecule has 1 fully saturated rings. The number of alkyl halides is 3. The molecule has 0 bridgehead atoms. The smallest absolute Gasteiger partial charge is 0.416 e. The van der Waals surface area contributed by atoms with Crippen LogP contribution in [-0.2, 0) is 6.18 Å². The van der Waals surface area contributed by atoms with E-state index >= 15 is 0 Å². The van der Waals surface area contributed by atoms with Crippen LogP contribution in [-0.4, -0.2) is 37.2 Å². The summed E-state index contributed by atoms with van der Waals surface area (Å²) in [5.74, 6) is 0.226. The number of fused-ring (bicyclic) bond motifs is 1. The van der Waals surface area contributed by atoms with Crippen molar-refractivity contribution in [1.29, 1.82) is 0 Å². The lowest BCUT2D eigenvalue weighted by Crippen LogP contribution is -2.45. The van der Waals surface area contributed by atoms with E-state index in [1.807, 2.05) is 0 Å². The average Bonchev–Trinajstić information content (AvgIpc) is 3.16. The molecule has 148 valence electrons. The normalized spacial score (nSPS) is 19.4. The number of urea groups is 1. The molecule has 4 nitrogen and oxygen atoms in total. The molecule has 0 saturated carbocycles. The van der Waals surface area contributed by atoms with Gasteiger partial charge in [0.25, 0.3) is 0 Å². The highest BCUT2D eigenvalue weighted by Gasteiger charge is 2.38. The standard InChI is InChI=1S/C20H18ClF3N2O2/c21-14-5-6-18-17(11-14)26(9-10-28-18)19(27)25-8-7-13(12-25)15-3-1-2-4-16(15)20(22,23)24/h1-6,11,13H,7-10,12H2. The van der Waals surface area contributed by atoms with E-state index in [1.54, 1.807) is 34.1 Å². The molecule has 2 aromatic rings. The number of nitrogens with zero attached hydrogens (tertiary/aromatic N) is 2. The quantitative estimate of drug-likeness (QED) is 0.650. The Morgan fingerprint density at radius 1 is 1.14 bits per heavy atom. The maximum Gasteiger partial charge on any atom is 0.416 e. The van der Waals surface area contributed by atoms with Crippen LogP contribution in [0, 0.1) is 0 Å². The lowest BCUT2D eigenvalue weighted by Gasteiger charge is -2.33. The summed E-state index contributed by atoms with van der Waals surface area (Å²) in [5, 5.41) is 0.487. The van der Waals surface area contributed by atoms with E-state index in [2.05, 4.69) is 0 Å². The SMILES string of the molecule is O=C(N1CCC(c2ccccc2C(F)(F)F)C1)N1CCOc2ccc(Cl)cc21. The van der Waals surface area contributed by atoms with Gasteiger partial charge in [0.1, 0.15) is 12.4 Å². The topological polar surface area (TPSA) is 32.8 Å². The average molecular weight is 411 g/mol. The Morgan fingerprint density at radius 2 is 1.93 bits per heavy atom. The van der Waals surface area contributed by atoms with E-state index in [0.717, 1.165) is 6.07 Å². The Hall–Kier alpha value is -2.41. The second-order valence-corrected chi connectivity index (χ2v) is 7.35. The summed E-state index contributed by atoms with van der Waals surface area (Å²) in [4.78, 5) is 16.3. The zero-order chi connectivity index (χ0) is 19.9. The zero-order valence-corrected chi connectivity index (χ0v) is 15.6. The van der Waals surface area contributed by atoms with E-state index < -0.39 is 11.7 Å². The summed E-state index contributed by atoms with van der Waals surface area (Å²) in [6.45, 7) is 1.38. The van der Waals surface area contributed by atoms with Crippen molar-refractivity contribution < 1.29 is 22.7 Å². The maximum absolute atomic E-state index is 13.3. The van der Waals surface area contributed by atoms with Gasteiger partial charge in [-0.2, -0.15) is 13.2 Å². The van der Waals surface area contributed by atoms with E-state index in [4.69, 9.17) is 16.3 Å². The largest absolute Gasteiger partial charge is 0.490 e. The van der Waals surface area contributed by atoms with Crippen LogP contribution in [0.2, 0.25) is 5.02 Å². The lowest BCUT2D eigenvalue weighted by atomic mass is 9.93. The lowest BCUT2D eigenvalue weighted by molar-refractivity contribution is -0.138. The van der Waals surface area contributed by atoms with Gasteiger partial charge in [-0.1, -0.05) is 29.8 Å². The number of carbonyl (C=O) groups excluding carboxylic acids is 1. The molecule has 2 aliphatic heterocycles. The third-order valence-electron chi connectivity index (χ3n) is 5.18. The number of anilines is 1. The highest BCUT2D eigenvalue weighted by atomic mass is 35.5. The summed E-state index contributed by atoms with van der Waals surface area (Å²) in [6.07, 6.45) is -3.92. The number of hydrogen-bond acceptors (Lipinski definition) is 2. The van der Waals surface area contributed by atoms with E-state index in [0.29, 0.717) is 42.6 Å². The molecule has 2 aliphatic rings. The van der Waals surface area contributed by atoms with Gasteiger partial charge >= 0.3 is 12.2 Å². The summed E-state index contributed by atoms with van der Waals surface area (Å²) in [7, 11) is 0. The van der Waals surface area contributed by atoms with E-state index in [9.17, 15) is 18.0 Å². The van der Waals surface area contributed by atoms with Crippen LogP contribution < -0.4 is 9.64 Å². The minimum atomic E-state index is -4.41. The van der Waals surface area contributed by atoms with Crippen molar-refractivity contribution in [1.82, 2.24) is 4.90 Å². The van der Waals surface area contributed by atoms with Gasteiger partial charge in [-0.15, -0.1) is 0 Å². The predicted octanol–water partition coefficient (Wildman–Crippen LogP) is 5.17. The van der Waals surface area contributed by atoms with Gasteiger partial charge in [-0.25, -0.2) is 4.79 Å². The third kappa shape index (κ3) is 3.51. The van der Waals surface area contributed by atoms with Gasteiger partial charge in [0.2, 0.25) is 0 Å². The molecule has 1 atom stereocenters. The number of amides is 2. The fraction of sp³-hybridized carbons (Fsp3) is 0.350. The van der Waals surface area contributed by atoms with Crippen LogP contribution in [0.3, 0.4) is 0 Å². The first-order chi connectivity index (χ1) is 13.3. The molecule has 4 rings (SSSR count). The minimum Gasteiger partial charge on any atom is -0.490 e. The molecule has 28 heavy (non-hydrogen) atoms. The van der Waals surface area contributed by atoms with Crippen molar-refractivity contribution in [2.24, 2.45) is 0 Å². The third-order valence-corrected chi connectivity index (χ3v) is 5.42. The zero-order valence-electron chi connectivity index (χ0n) is 14.9. The van der Waals surface area contributed by atoms with Crippen LogP contribution in [0.5, 0.6) is 5.75 Å². The monoisotopic (exact) mass is 410 g/mol. The molecule has 1 unspecified atom stereocenters. The van der Waals surface area contributed by atoms with Crippen molar-refractivity contribution in [2.75, 3.05) is 31.1 Å². The number of carbonyl (C=O) groups is 1. The molecule has 2 amide bonds. The molecular formula is C20H18ClF3N2O2. The fourth-order valence-electron chi connectivity index (χ4n) is 3.86. The summed E-state index contributed by atoms with van der Waals surface area (Å²) in [6, 6.07) is 10.4. The Morgan fingerprint density at radius 3 is 2.71 bits per heavy atom. The first-order valence-electron chi connectivity index (χ1n) is 8.99. The van der Waals surface area contributed by atoms with Crippen molar-refractivity contribution in [3.63, 3.8) is 0 Å². The van der Waals surface area contributed by atoms with Gasteiger partial charge < -0.3 is 9.64 Å². The molecule has 0 aliphatic carbocycles. The first-order valence-corrected chi connectivity index (χ1v) is 9.37. The van der Waals surface area contributed by atoms with Crippen molar-refractivity contribution in [3.05, 3.63) is 58.6 Å². The van der Waals surface area contributed by atoms with Gasteiger partial charge in [0, 0.05) is 24.0 Å². The highest BCUT2D eigenvalue weighted by Crippen LogP contribution is 2.39. The highest BCUT2D eigenvalue weighted by molar-refractivity contribution is 6.31. The summed E-state index contributed by atoms with van der Waals surface area (Å²) in [5.41, 5.74) is 0.205. The molecule has 0 spiro atoms. The summed E-state index contributed by atoms with van der Waals surface area (Å²) < 4.78 is 45.6. The van der Waals surface area contributed by atoms with E-state index in [1.165, 1.54) is 12.1 Å². The molecule has 0 aromatic heterocycles. The number of hydrogen-bond donors (Lipinski definition) is 0. The van der Waals surface area contributed by atoms with E-state index in [-0.39, 0.29) is 24.1 Å². The molecule has 2 heterocycles. The number of likely N-dealkylation sites (tertiary alicyclic amines) is 1. The fourth-order valence-corrected chi connectivity index (χ4v) is 4.03. The Kier molecular flexibility index (Phi) is 4.87. The van der Waals surface area contributed by atoms with Gasteiger partial charge in [0.05, 0.1) is 17.8 Å². The van der Waals surface area contributed by atoms with Gasteiger partial charge in [0.15, 0.2) is 0 Å². The Labute approximate surface area is 165 Å². The molecule has 0 radical (unpaired) electrons. The Bertz CT molecular complexity index is 903. The molecule has 1 saturated heterocycles.